The number of nitrogens with zero attached hydrogens (tertiary/aromatic N) is 1. The fourth-order valence-electron chi connectivity index (χ4n) is 2.35. The second-order valence-electron chi connectivity index (χ2n) is 4.93. The Labute approximate surface area is 122 Å². The van der Waals surface area contributed by atoms with E-state index in [2.05, 4.69) is 12.2 Å². The molecule has 0 aliphatic carbocycles. The van der Waals surface area contributed by atoms with Crippen LogP contribution in [0.5, 0.6) is 0 Å². The number of amides is 2. The summed E-state index contributed by atoms with van der Waals surface area (Å²) in [6, 6.07) is 4.06. The first-order valence-corrected chi connectivity index (χ1v) is 6.97. The molecule has 2 amide bonds. The zero-order valence-electron chi connectivity index (χ0n) is 11.2. The number of likely N-dealkylation sites (tertiary alicyclic amines) is 1. The molecule has 1 aromatic carbocycles. The third-order valence-electron chi connectivity index (χ3n) is 3.60. The molecule has 1 aromatic rings. The van der Waals surface area contributed by atoms with Crippen molar-refractivity contribution in [3.63, 3.8) is 0 Å². The first-order chi connectivity index (χ1) is 9.51. The molecule has 0 saturated carbocycles. The highest BCUT2D eigenvalue weighted by molar-refractivity contribution is 6.31. The number of urea groups is 1. The first-order valence-electron chi connectivity index (χ1n) is 6.60. The van der Waals surface area contributed by atoms with Crippen LogP contribution in [-0.2, 0) is 0 Å². The third kappa shape index (κ3) is 3.22. The Morgan fingerprint density at radius 2 is 2.25 bits per heavy atom. The molecule has 0 bridgehead atoms. The van der Waals surface area contributed by atoms with Crippen molar-refractivity contribution in [2.24, 2.45) is 5.92 Å². The summed E-state index contributed by atoms with van der Waals surface area (Å²) in [6.45, 7) is 3.52. The van der Waals surface area contributed by atoms with Gasteiger partial charge in [0.2, 0.25) is 0 Å². The van der Waals surface area contributed by atoms with Crippen molar-refractivity contribution in [2.45, 2.75) is 19.8 Å². The van der Waals surface area contributed by atoms with Crippen LogP contribution >= 0.6 is 11.6 Å². The summed E-state index contributed by atoms with van der Waals surface area (Å²) in [5, 5.41) is 12.1. The van der Waals surface area contributed by atoms with Crippen LogP contribution in [0, 0.1) is 5.92 Å². The number of carbonyl (C=O) groups excluding carboxylic acids is 1. The Morgan fingerprint density at radius 1 is 1.50 bits per heavy atom. The Bertz CT molecular complexity index is 533. The minimum absolute atomic E-state index is 0.0361. The molecule has 108 valence electrons. The van der Waals surface area contributed by atoms with Crippen LogP contribution in [0.3, 0.4) is 0 Å². The summed E-state index contributed by atoms with van der Waals surface area (Å²) in [5.41, 5.74) is 0.268. The molecule has 1 aliphatic rings. The molecule has 1 atom stereocenters. The number of halogens is 1. The standard InChI is InChI=1S/C14H17ClN2O3/c1-2-9-5-6-17(8-9)14(20)16-12-7-10(15)3-4-11(12)13(18)19/h3-4,7,9H,2,5-6,8H2,1H3,(H,16,20)(H,18,19). The van der Waals surface area contributed by atoms with E-state index in [1.165, 1.54) is 18.2 Å². The summed E-state index contributed by atoms with van der Waals surface area (Å²) in [5.74, 6) is -0.566. The number of benzene rings is 1. The molecule has 1 fully saturated rings. The molecule has 1 unspecified atom stereocenters. The van der Waals surface area contributed by atoms with Gasteiger partial charge in [0.15, 0.2) is 0 Å². The number of aromatic carboxylic acids is 1. The number of nitrogens with one attached hydrogen (secondary N) is 1. The van der Waals surface area contributed by atoms with Gasteiger partial charge in [0.05, 0.1) is 11.3 Å². The number of hydrogen-bond donors (Lipinski definition) is 2. The highest BCUT2D eigenvalue weighted by Crippen LogP contribution is 2.24. The van der Waals surface area contributed by atoms with Crippen molar-refractivity contribution < 1.29 is 14.7 Å². The molecule has 1 heterocycles. The number of anilines is 1. The molecular formula is C14H17ClN2O3. The second-order valence-corrected chi connectivity index (χ2v) is 5.37. The first kappa shape index (κ1) is 14.7. The SMILES string of the molecule is CCC1CCN(C(=O)Nc2cc(Cl)ccc2C(=O)O)C1. The predicted molar refractivity (Wildman–Crippen MR) is 77.4 cm³/mol. The average molecular weight is 297 g/mol. The molecule has 2 rings (SSSR count). The maximum absolute atomic E-state index is 12.1. The third-order valence-corrected chi connectivity index (χ3v) is 3.84. The van der Waals surface area contributed by atoms with Gasteiger partial charge in [-0.25, -0.2) is 9.59 Å². The molecule has 1 aliphatic heterocycles. The highest BCUT2D eigenvalue weighted by atomic mass is 35.5. The van der Waals surface area contributed by atoms with Gasteiger partial charge in [-0.05, 0) is 30.5 Å². The summed E-state index contributed by atoms with van der Waals surface area (Å²) in [4.78, 5) is 25.0. The maximum Gasteiger partial charge on any atom is 0.337 e. The van der Waals surface area contributed by atoms with E-state index < -0.39 is 5.97 Å². The van der Waals surface area contributed by atoms with Gasteiger partial charge in [0, 0.05) is 18.1 Å². The summed E-state index contributed by atoms with van der Waals surface area (Å²) in [7, 11) is 0. The molecule has 0 spiro atoms. The second kappa shape index (κ2) is 6.13. The van der Waals surface area contributed by atoms with Gasteiger partial charge in [-0.3, -0.25) is 0 Å². The number of carboxylic acids is 1. The molecule has 1 saturated heterocycles. The molecule has 0 aromatic heterocycles. The van der Waals surface area contributed by atoms with Crippen LogP contribution in [0.25, 0.3) is 0 Å². The molecule has 0 radical (unpaired) electrons. The fraction of sp³-hybridized carbons (Fsp3) is 0.429. The molecular weight excluding hydrogens is 280 g/mol. The fourth-order valence-corrected chi connectivity index (χ4v) is 2.52. The van der Waals surface area contributed by atoms with E-state index in [4.69, 9.17) is 16.7 Å². The number of carboxylic acid groups (broad SMARTS) is 1. The van der Waals surface area contributed by atoms with Crippen molar-refractivity contribution in [3.05, 3.63) is 28.8 Å². The van der Waals surface area contributed by atoms with Crippen molar-refractivity contribution in [3.8, 4) is 0 Å². The Kier molecular flexibility index (Phi) is 4.49. The average Bonchev–Trinajstić information content (AvgIpc) is 2.87. The lowest BCUT2D eigenvalue weighted by atomic mass is 10.1. The summed E-state index contributed by atoms with van der Waals surface area (Å²) < 4.78 is 0. The summed E-state index contributed by atoms with van der Waals surface area (Å²) in [6.07, 6.45) is 2.03. The van der Waals surface area contributed by atoms with Gasteiger partial charge in [-0.15, -0.1) is 0 Å². The van der Waals surface area contributed by atoms with Gasteiger partial charge < -0.3 is 15.3 Å². The number of carbonyl (C=O) groups is 2. The van der Waals surface area contributed by atoms with Gasteiger partial charge in [0.25, 0.3) is 0 Å². The molecule has 6 heteroatoms. The molecule has 20 heavy (non-hydrogen) atoms. The normalized spacial score (nSPS) is 18.1. The van der Waals surface area contributed by atoms with Crippen LogP contribution in [0.1, 0.15) is 30.1 Å². The maximum atomic E-state index is 12.1. The van der Waals surface area contributed by atoms with Crippen LogP contribution in [0.2, 0.25) is 5.02 Å². The van der Waals surface area contributed by atoms with Gasteiger partial charge in [0.1, 0.15) is 0 Å². The van der Waals surface area contributed by atoms with Crippen LogP contribution in [0.4, 0.5) is 10.5 Å². The monoisotopic (exact) mass is 296 g/mol. The topological polar surface area (TPSA) is 69.6 Å². The lowest BCUT2D eigenvalue weighted by Crippen LogP contribution is -2.33. The van der Waals surface area contributed by atoms with Crippen LogP contribution < -0.4 is 5.32 Å². The largest absolute Gasteiger partial charge is 0.478 e. The van der Waals surface area contributed by atoms with Crippen molar-refractivity contribution in [2.75, 3.05) is 18.4 Å². The minimum atomic E-state index is -1.09. The van der Waals surface area contributed by atoms with Gasteiger partial charge in [-0.1, -0.05) is 24.9 Å². The van der Waals surface area contributed by atoms with E-state index in [0.717, 1.165) is 12.8 Å². The Hall–Kier alpha value is -1.75. The van der Waals surface area contributed by atoms with Crippen LogP contribution in [-0.4, -0.2) is 35.1 Å². The lowest BCUT2D eigenvalue weighted by molar-refractivity contribution is 0.0698. The summed E-state index contributed by atoms with van der Waals surface area (Å²) >= 11 is 5.85. The van der Waals surface area contributed by atoms with E-state index in [1.54, 1.807) is 4.90 Å². The van der Waals surface area contributed by atoms with Crippen LogP contribution in [0.15, 0.2) is 18.2 Å². The molecule has 2 N–H and O–H groups in total. The lowest BCUT2D eigenvalue weighted by Gasteiger charge is -2.18. The zero-order chi connectivity index (χ0) is 14.7. The number of rotatable bonds is 3. The molecule has 5 nitrogen and oxygen atoms in total. The van der Waals surface area contributed by atoms with Gasteiger partial charge >= 0.3 is 12.0 Å². The zero-order valence-corrected chi connectivity index (χ0v) is 12.0. The van der Waals surface area contributed by atoms with Crippen molar-refractivity contribution >= 4 is 29.3 Å². The highest BCUT2D eigenvalue weighted by Gasteiger charge is 2.25. The smallest absolute Gasteiger partial charge is 0.337 e. The van der Waals surface area contributed by atoms with E-state index in [-0.39, 0.29) is 17.3 Å². The number of hydrogen-bond acceptors (Lipinski definition) is 2. The van der Waals surface area contributed by atoms with E-state index >= 15 is 0 Å². The minimum Gasteiger partial charge on any atom is -0.478 e. The van der Waals surface area contributed by atoms with E-state index in [9.17, 15) is 9.59 Å². The van der Waals surface area contributed by atoms with Crippen molar-refractivity contribution in [1.82, 2.24) is 4.90 Å². The Morgan fingerprint density at radius 3 is 2.85 bits per heavy atom. The van der Waals surface area contributed by atoms with Crippen molar-refractivity contribution in [1.29, 1.82) is 0 Å². The van der Waals surface area contributed by atoms with E-state index in [1.807, 2.05) is 0 Å². The predicted octanol–water partition coefficient (Wildman–Crippen LogP) is 3.30. The van der Waals surface area contributed by atoms with E-state index in [0.29, 0.717) is 24.0 Å². The van der Waals surface area contributed by atoms with Gasteiger partial charge in [-0.2, -0.15) is 0 Å². The Balaban J connectivity index is 2.11. The quantitative estimate of drug-likeness (QED) is 0.899.